The Kier molecular flexibility index (Phi) is 6.86. The van der Waals surface area contributed by atoms with E-state index in [1.54, 1.807) is 17.8 Å². The first kappa shape index (κ1) is 19.0. The van der Waals surface area contributed by atoms with Crippen LogP contribution >= 0.6 is 11.8 Å². The normalized spacial score (nSPS) is 12.0. The third-order valence-corrected chi connectivity index (χ3v) is 5.78. The van der Waals surface area contributed by atoms with Crippen molar-refractivity contribution in [2.75, 3.05) is 40.6 Å². The molecule has 0 aliphatic rings. The number of carbonyl (C=O) groups is 1. The van der Waals surface area contributed by atoms with Crippen molar-refractivity contribution >= 4 is 27.9 Å². The van der Waals surface area contributed by atoms with Crippen LogP contribution < -0.4 is 0 Å². The lowest BCUT2D eigenvalue weighted by atomic mass is 10.1. The first-order valence-electron chi connectivity index (χ1n) is 6.65. The van der Waals surface area contributed by atoms with Gasteiger partial charge in [0.05, 0.1) is 5.56 Å². The highest BCUT2D eigenvalue weighted by Crippen LogP contribution is 2.19. The van der Waals surface area contributed by atoms with Crippen molar-refractivity contribution in [3.8, 4) is 0 Å². The molecule has 22 heavy (non-hydrogen) atoms. The van der Waals surface area contributed by atoms with Gasteiger partial charge < -0.3 is 4.74 Å². The van der Waals surface area contributed by atoms with Gasteiger partial charge >= 0.3 is 5.97 Å². The molecule has 0 atom stereocenters. The van der Waals surface area contributed by atoms with Crippen molar-refractivity contribution in [2.45, 2.75) is 11.8 Å². The number of hydrogen-bond donors (Lipinski definition) is 0. The molecule has 8 heteroatoms. The van der Waals surface area contributed by atoms with Crippen LogP contribution in [0.1, 0.15) is 15.9 Å². The Morgan fingerprint density at radius 2 is 1.91 bits per heavy atom. The summed E-state index contributed by atoms with van der Waals surface area (Å²) in [5, 5.41) is 0. The molecule has 0 aliphatic carbocycles. The van der Waals surface area contributed by atoms with Crippen LogP contribution in [-0.2, 0) is 14.9 Å². The highest BCUT2D eigenvalue weighted by atomic mass is 32.2. The molecule has 1 aromatic carbocycles. The Morgan fingerprint density at radius 3 is 2.45 bits per heavy atom. The second-order valence-corrected chi connectivity index (χ2v) is 8.06. The molecule has 124 valence electrons. The van der Waals surface area contributed by atoms with Gasteiger partial charge in [-0.1, -0.05) is 6.07 Å². The van der Waals surface area contributed by atoms with E-state index in [0.717, 1.165) is 19.1 Å². The molecule has 0 saturated carbocycles. The van der Waals surface area contributed by atoms with E-state index in [1.807, 2.05) is 25.3 Å². The van der Waals surface area contributed by atoms with E-state index in [-0.39, 0.29) is 13.2 Å². The molecule has 0 bridgehead atoms. The third-order valence-electron chi connectivity index (χ3n) is 3.16. The zero-order chi connectivity index (χ0) is 16.9. The topological polar surface area (TPSA) is 66.9 Å². The van der Waals surface area contributed by atoms with Crippen LogP contribution in [0.5, 0.6) is 0 Å². The van der Waals surface area contributed by atoms with E-state index in [4.69, 9.17) is 4.74 Å². The number of ether oxygens (including phenoxy) is 1. The summed E-state index contributed by atoms with van der Waals surface area (Å²) in [6.45, 7) is 1.95. The zero-order valence-corrected chi connectivity index (χ0v) is 15.1. The Bertz CT molecular complexity index is 630. The summed E-state index contributed by atoms with van der Waals surface area (Å²) < 4.78 is 31.1. The molecule has 0 heterocycles. The highest BCUT2D eigenvalue weighted by molar-refractivity contribution is 7.98. The average molecular weight is 346 g/mol. The minimum atomic E-state index is -3.49. The number of benzene rings is 1. The van der Waals surface area contributed by atoms with E-state index < -0.39 is 16.2 Å². The second-order valence-electron chi connectivity index (χ2n) is 4.93. The van der Waals surface area contributed by atoms with Crippen LogP contribution in [-0.4, -0.2) is 63.5 Å². The summed E-state index contributed by atoms with van der Waals surface area (Å²) in [5.74, 6) is -0.441. The number of rotatable bonds is 7. The molecule has 1 aromatic rings. The maximum atomic E-state index is 12.1. The molecule has 0 aromatic heterocycles. The van der Waals surface area contributed by atoms with Gasteiger partial charge in [-0.15, -0.1) is 11.8 Å². The maximum Gasteiger partial charge on any atom is 0.338 e. The minimum absolute atomic E-state index is 0.00530. The van der Waals surface area contributed by atoms with Gasteiger partial charge in [-0.3, -0.25) is 0 Å². The molecule has 0 N–H and O–H groups in total. The van der Waals surface area contributed by atoms with Crippen molar-refractivity contribution < 1.29 is 17.9 Å². The number of aryl methyl sites for hydroxylation is 1. The smallest absolute Gasteiger partial charge is 0.338 e. The number of thioether (sulfide) groups is 1. The average Bonchev–Trinajstić information content (AvgIpc) is 2.47. The highest BCUT2D eigenvalue weighted by Gasteiger charge is 2.20. The molecular formula is C14H22N2O4S2. The van der Waals surface area contributed by atoms with Gasteiger partial charge in [0.1, 0.15) is 6.61 Å². The number of carbonyl (C=O) groups excluding carboxylic acids is 1. The lowest BCUT2D eigenvalue weighted by Gasteiger charge is -2.21. The van der Waals surface area contributed by atoms with Crippen LogP contribution in [0.25, 0.3) is 0 Å². The summed E-state index contributed by atoms with van der Waals surface area (Å²) in [5.41, 5.74) is 1.34. The Hall–Kier alpha value is -1.09. The van der Waals surface area contributed by atoms with Crippen LogP contribution in [0, 0.1) is 6.92 Å². The SMILES string of the molecule is CSc1ccc(C)c(C(=O)OCCN(C)S(=O)(=O)N(C)C)c1. The van der Waals surface area contributed by atoms with Gasteiger partial charge in [-0.05, 0) is 30.9 Å². The summed E-state index contributed by atoms with van der Waals surface area (Å²) in [7, 11) is 0.868. The molecule has 0 saturated heterocycles. The largest absolute Gasteiger partial charge is 0.461 e. The first-order valence-corrected chi connectivity index (χ1v) is 9.28. The lowest BCUT2D eigenvalue weighted by Crippen LogP contribution is -2.39. The maximum absolute atomic E-state index is 12.1. The minimum Gasteiger partial charge on any atom is -0.461 e. The van der Waals surface area contributed by atoms with E-state index >= 15 is 0 Å². The van der Waals surface area contributed by atoms with Gasteiger partial charge in [0.2, 0.25) is 0 Å². The molecule has 0 spiro atoms. The molecule has 0 unspecified atom stereocenters. The second kappa shape index (κ2) is 7.96. The van der Waals surface area contributed by atoms with Gasteiger partial charge in [0.25, 0.3) is 10.2 Å². The summed E-state index contributed by atoms with van der Waals surface area (Å²) >= 11 is 1.54. The summed E-state index contributed by atoms with van der Waals surface area (Å²) in [6.07, 6.45) is 1.93. The monoisotopic (exact) mass is 346 g/mol. The van der Waals surface area contributed by atoms with Crippen LogP contribution in [0.4, 0.5) is 0 Å². The molecular weight excluding hydrogens is 324 g/mol. The Morgan fingerprint density at radius 1 is 1.27 bits per heavy atom. The molecule has 0 radical (unpaired) electrons. The fraction of sp³-hybridized carbons (Fsp3) is 0.500. The molecule has 1 rings (SSSR count). The number of likely N-dealkylation sites (N-methyl/N-ethyl adjacent to an activating group) is 1. The van der Waals surface area contributed by atoms with Crippen molar-refractivity contribution in [1.82, 2.24) is 8.61 Å². The van der Waals surface area contributed by atoms with E-state index in [9.17, 15) is 13.2 Å². The predicted molar refractivity (Wildman–Crippen MR) is 88.5 cm³/mol. The summed E-state index contributed by atoms with van der Waals surface area (Å²) in [6, 6.07) is 5.59. The van der Waals surface area contributed by atoms with Crippen molar-refractivity contribution in [2.24, 2.45) is 0 Å². The van der Waals surface area contributed by atoms with Crippen LogP contribution in [0.2, 0.25) is 0 Å². The van der Waals surface area contributed by atoms with E-state index in [2.05, 4.69) is 0 Å². The van der Waals surface area contributed by atoms with Gasteiger partial charge in [-0.25, -0.2) is 4.79 Å². The standard InChI is InChI=1S/C14H22N2O4S2/c1-11-6-7-12(21-5)10-13(11)14(17)20-9-8-16(4)22(18,19)15(2)3/h6-7,10H,8-9H2,1-5H3. The van der Waals surface area contributed by atoms with Gasteiger partial charge in [0, 0.05) is 32.6 Å². The van der Waals surface area contributed by atoms with Gasteiger partial charge in [-0.2, -0.15) is 17.0 Å². The lowest BCUT2D eigenvalue weighted by molar-refractivity contribution is 0.0491. The number of nitrogens with zero attached hydrogens (tertiary/aromatic N) is 2. The van der Waals surface area contributed by atoms with E-state index in [0.29, 0.717) is 5.56 Å². The van der Waals surface area contributed by atoms with Crippen molar-refractivity contribution in [3.05, 3.63) is 29.3 Å². The zero-order valence-electron chi connectivity index (χ0n) is 13.5. The fourth-order valence-electron chi connectivity index (χ4n) is 1.69. The van der Waals surface area contributed by atoms with Crippen molar-refractivity contribution in [1.29, 1.82) is 0 Å². The molecule has 0 amide bonds. The van der Waals surface area contributed by atoms with Crippen LogP contribution in [0.15, 0.2) is 23.1 Å². The molecule has 0 fully saturated rings. The summed E-state index contributed by atoms with van der Waals surface area (Å²) in [4.78, 5) is 13.1. The molecule has 6 nitrogen and oxygen atoms in total. The third kappa shape index (κ3) is 4.70. The number of esters is 1. The Labute approximate surface area is 136 Å². The van der Waals surface area contributed by atoms with Crippen LogP contribution in [0.3, 0.4) is 0 Å². The number of hydrogen-bond acceptors (Lipinski definition) is 5. The Balaban J connectivity index is 2.64. The van der Waals surface area contributed by atoms with E-state index in [1.165, 1.54) is 21.1 Å². The molecule has 0 aliphatic heterocycles. The van der Waals surface area contributed by atoms with Crippen molar-refractivity contribution in [3.63, 3.8) is 0 Å². The quantitative estimate of drug-likeness (QED) is 0.554. The fourth-order valence-corrected chi connectivity index (χ4v) is 2.99. The van der Waals surface area contributed by atoms with Gasteiger partial charge in [0.15, 0.2) is 0 Å². The first-order chi connectivity index (χ1) is 10.2. The predicted octanol–water partition coefficient (Wildman–Crippen LogP) is 1.61.